The van der Waals surface area contributed by atoms with Crippen molar-refractivity contribution in [2.45, 2.75) is 25.1 Å². The Hall–Kier alpha value is -3.60. The second kappa shape index (κ2) is 8.64. The van der Waals surface area contributed by atoms with Gasteiger partial charge >= 0.3 is 6.61 Å². The number of aromatic nitrogens is 3. The first-order valence-corrected chi connectivity index (χ1v) is 10.7. The average Bonchev–Trinajstić information content (AvgIpc) is 3.44. The van der Waals surface area contributed by atoms with Crippen LogP contribution in [0.1, 0.15) is 6.42 Å². The van der Waals surface area contributed by atoms with Gasteiger partial charge in [-0.3, -0.25) is 4.79 Å². The first-order valence-electron chi connectivity index (χ1n) is 10.4. The van der Waals surface area contributed by atoms with E-state index in [0.717, 1.165) is 12.5 Å². The van der Waals surface area contributed by atoms with Gasteiger partial charge in [0.05, 0.1) is 23.3 Å². The Bertz CT molecular complexity index is 1290. The molecule has 1 amide bonds. The quantitative estimate of drug-likeness (QED) is 0.520. The second-order valence-corrected chi connectivity index (χ2v) is 8.27. The number of anilines is 3. The molecule has 0 radical (unpaired) electrons. The van der Waals surface area contributed by atoms with Gasteiger partial charge in [-0.2, -0.15) is 8.78 Å². The Kier molecular flexibility index (Phi) is 5.64. The Labute approximate surface area is 197 Å². The van der Waals surface area contributed by atoms with Crippen LogP contribution in [0.25, 0.3) is 11.0 Å². The summed E-state index contributed by atoms with van der Waals surface area (Å²) in [5, 5.41) is 2.24. The van der Waals surface area contributed by atoms with Crippen molar-refractivity contribution in [1.29, 1.82) is 0 Å². The van der Waals surface area contributed by atoms with Crippen molar-refractivity contribution < 1.29 is 22.7 Å². The van der Waals surface area contributed by atoms with Gasteiger partial charge in [0, 0.05) is 13.1 Å². The first-order chi connectivity index (χ1) is 16.4. The van der Waals surface area contributed by atoms with E-state index in [-0.39, 0.29) is 29.5 Å². The molecule has 8 nitrogen and oxygen atoms in total. The summed E-state index contributed by atoms with van der Waals surface area (Å²) < 4.78 is 43.9. The van der Waals surface area contributed by atoms with Crippen molar-refractivity contribution in [2.24, 2.45) is 0 Å². The zero-order chi connectivity index (χ0) is 24.0. The number of hydrogen-bond donors (Lipinski definition) is 1. The highest BCUT2D eigenvalue weighted by Crippen LogP contribution is 2.37. The van der Waals surface area contributed by atoms with E-state index in [4.69, 9.17) is 16.6 Å². The molecule has 12 heteroatoms. The normalized spacial score (nSPS) is 19.2. The number of nitrogens with one attached hydrogen (secondary N) is 1. The lowest BCUT2D eigenvalue weighted by atomic mass is 10.2. The number of likely N-dealkylation sites (tertiary alicyclic amines) is 1. The number of alkyl halides is 2. The van der Waals surface area contributed by atoms with Gasteiger partial charge in [0.1, 0.15) is 28.4 Å². The summed E-state index contributed by atoms with van der Waals surface area (Å²) in [7, 11) is 0. The number of nitrogens with zero attached hydrogens (tertiary/aromatic N) is 5. The highest BCUT2D eigenvalue weighted by Gasteiger charge is 2.45. The van der Waals surface area contributed by atoms with Crippen LogP contribution >= 0.6 is 11.6 Å². The van der Waals surface area contributed by atoms with E-state index < -0.39 is 23.2 Å². The summed E-state index contributed by atoms with van der Waals surface area (Å²) in [6, 6.07) is 6.20. The second-order valence-electron chi connectivity index (χ2n) is 7.89. The molecular weight excluding hydrogens is 473 g/mol. The van der Waals surface area contributed by atoms with Gasteiger partial charge in [-0.25, -0.2) is 19.3 Å². The van der Waals surface area contributed by atoms with E-state index in [9.17, 15) is 18.0 Å². The number of piperazine rings is 1. The summed E-state index contributed by atoms with van der Waals surface area (Å²) in [5.74, 6) is -0.614. The van der Waals surface area contributed by atoms with E-state index in [1.807, 2.05) is 11.0 Å². The molecule has 2 fully saturated rings. The lowest BCUT2D eigenvalue weighted by molar-refractivity contribution is -0.127. The van der Waals surface area contributed by atoms with Crippen LogP contribution in [0.4, 0.5) is 30.5 Å². The van der Waals surface area contributed by atoms with Crippen LogP contribution in [0.5, 0.6) is 5.75 Å². The number of halogens is 4. The maximum absolute atomic E-state index is 14.7. The fourth-order valence-electron chi connectivity index (χ4n) is 4.46. The monoisotopic (exact) mass is 490 g/mol. The molecular formula is C22H18ClF3N6O2. The zero-order valence-corrected chi connectivity index (χ0v) is 18.3. The molecule has 0 aliphatic carbocycles. The molecule has 1 aromatic carbocycles. The Morgan fingerprint density at radius 1 is 1.24 bits per heavy atom. The fraction of sp³-hybridized carbons (Fsp3) is 0.273. The zero-order valence-electron chi connectivity index (χ0n) is 17.6. The van der Waals surface area contributed by atoms with Crippen LogP contribution in [0, 0.1) is 5.82 Å². The number of rotatable bonds is 6. The number of benzene rings is 1. The van der Waals surface area contributed by atoms with Gasteiger partial charge in [0.25, 0.3) is 0 Å². The molecule has 2 aliphatic heterocycles. The van der Waals surface area contributed by atoms with Crippen molar-refractivity contribution in [3.63, 3.8) is 0 Å². The van der Waals surface area contributed by atoms with Gasteiger partial charge in [-0.1, -0.05) is 18.2 Å². The average molecular weight is 491 g/mol. The van der Waals surface area contributed by atoms with E-state index in [1.165, 1.54) is 18.5 Å². The molecule has 2 atom stereocenters. The molecule has 34 heavy (non-hydrogen) atoms. The molecule has 2 aromatic heterocycles. The Morgan fingerprint density at radius 3 is 2.76 bits per heavy atom. The van der Waals surface area contributed by atoms with Crippen molar-refractivity contribution in [1.82, 2.24) is 19.9 Å². The maximum Gasteiger partial charge on any atom is 0.387 e. The fourth-order valence-corrected chi connectivity index (χ4v) is 4.67. The van der Waals surface area contributed by atoms with Crippen LogP contribution in [-0.4, -0.2) is 57.5 Å². The molecule has 0 unspecified atom stereocenters. The van der Waals surface area contributed by atoms with Gasteiger partial charge in [0.2, 0.25) is 5.91 Å². The Balaban J connectivity index is 1.43. The summed E-state index contributed by atoms with van der Waals surface area (Å²) in [5.41, 5.74) is 0.834. The lowest BCUT2D eigenvalue weighted by Crippen LogP contribution is -2.48. The Morgan fingerprint density at radius 2 is 2.06 bits per heavy atom. The molecule has 2 saturated heterocycles. The highest BCUT2D eigenvalue weighted by atomic mass is 35.5. The number of pyridine rings is 1. The van der Waals surface area contributed by atoms with E-state index in [1.54, 1.807) is 6.07 Å². The van der Waals surface area contributed by atoms with E-state index >= 15 is 0 Å². The number of hydrogen-bond acceptors (Lipinski definition) is 7. The van der Waals surface area contributed by atoms with Gasteiger partial charge in [-0.15, -0.1) is 0 Å². The molecule has 0 saturated carbocycles. The van der Waals surface area contributed by atoms with Gasteiger partial charge in [-0.05, 0) is 36.8 Å². The molecule has 1 N–H and O–H groups in total. The molecule has 5 rings (SSSR count). The smallest absolute Gasteiger partial charge is 0.387 e. The van der Waals surface area contributed by atoms with E-state index in [2.05, 4.69) is 31.5 Å². The van der Waals surface area contributed by atoms with Crippen molar-refractivity contribution in [3.8, 4) is 5.75 Å². The largest absolute Gasteiger partial charge is 0.433 e. The molecule has 4 heterocycles. The van der Waals surface area contributed by atoms with Crippen molar-refractivity contribution in [2.75, 3.05) is 23.3 Å². The molecule has 2 bridgehead atoms. The first kappa shape index (κ1) is 22.2. The van der Waals surface area contributed by atoms with Crippen molar-refractivity contribution in [3.05, 3.63) is 54.1 Å². The summed E-state index contributed by atoms with van der Waals surface area (Å²) in [4.78, 5) is 29.1. The minimum Gasteiger partial charge on any atom is -0.433 e. The highest BCUT2D eigenvalue weighted by molar-refractivity contribution is 6.32. The van der Waals surface area contributed by atoms with Crippen LogP contribution in [0.3, 0.4) is 0 Å². The predicted octanol–water partition coefficient (Wildman–Crippen LogP) is 4.14. The van der Waals surface area contributed by atoms with E-state index in [0.29, 0.717) is 29.9 Å². The topological polar surface area (TPSA) is 83.5 Å². The maximum atomic E-state index is 14.7. The number of carbonyl (C=O) groups is 1. The molecule has 2 aliphatic rings. The minimum atomic E-state index is -3.13. The van der Waals surface area contributed by atoms with Crippen LogP contribution in [0.2, 0.25) is 5.02 Å². The SMILES string of the molecule is C=CC(=O)N1C[C@@H]2C[C@H]1CN2c1ccc2ncnc(Nc3ccc(OC(F)F)c(Cl)c3F)c2n1. The lowest BCUT2D eigenvalue weighted by Gasteiger charge is -2.34. The summed E-state index contributed by atoms with van der Waals surface area (Å²) >= 11 is 5.86. The summed E-state index contributed by atoms with van der Waals surface area (Å²) in [6.45, 7) is 1.65. The van der Waals surface area contributed by atoms with Gasteiger partial charge < -0.3 is 19.9 Å². The summed E-state index contributed by atoms with van der Waals surface area (Å²) in [6.07, 6.45) is 3.47. The third-order valence-corrected chi connectivity index (χ3v) is 6.33. The number of ether oxygens (including phenoxy) is 1. The molecule has 0 spiro atoms. The molecule has 3 aromatic rings. The third kappa shape index (κ3) is 3.85. The molecule has 176 valence electrons. The third-order valence-electron chi connectivity index (χ3n) is 5.98. The van der Waals surface area contributed by atoms with Crippen molar-refractivity contribution >= 4 is 45.9 Å². The number of carbonyl (C=O) groups excluding carboxylic acids is 1. The van der Waals surface area contributed by atoms with Crippen LogP contribution in [-0.2, 0) is 4.79 Å². The minimum absolute atomic E-state index is 0.0795. The van der Waals surface area contributed by atoms with Gasteiger partial charge in [0.15, 0.2) is 11.6 Å². The number of fused-ring (bicyclic) bond motifs is 3. The predicted molar refractivity (Wildman–Crippen MR) is 120 cm³/mol. The number of amides is 1. The van der Waals surface area contributed by atoms with Crippen LogP contribution in [0.15, 0.2) is 43.2 Å². The standard InChI is InChI=1S/C22H18ClF3N6O2/c1-2-17(33)32-9-11-7-12(32)8-31(11)16-6-4-14-20(30-16)21(28-10-27-14)29-13-3-5-15(34-22(25)26)18(23)19(13)24/h2-6,10-12,22H,1,7-9H2,(H,27,28,29)/t11-,12-/m0/s1. The van der Waals surface area contributed by atoms with Crippen LogP contribution < -0.4 is 15.0 Å².